The highest BCUT2D eigenvalue weighted by Crippen LogP contribution is 2.52. The fraction of sp³-hybridized carbons (Fsp3) is 0.250. The molecule has 0 aromatic carbocycles. The maximum Gasteiger partial charge on any atom is 0.314 e. The summed E-state index contributed by atoms with van der Waals surface area (Å²) in [6.45, 7) is 0. The predicted molar refractivity (Wildman–Crippen MR) is 101 cm³/mol. The average molecular weight is 395 g/mol. The molecule has 3 aromatic heterocycles. The number of carboxylic acid groups (broad SMARTS) is 1. The highest BCUT2D eigenvalue weighted by atomic mass is 35.5. The summed E-state index contributed by atoms with van der Waals surface area (Å²) in [4.78, 5) is 13.3. The van der Waals surface area contributed by atoms with Gasteiger partial charge >= 0.3 is 5.97 Å². The fourth-order valence-corrected chi connectivity index (χ4v) is 5.94. The van der Waals surface area contributed by atoms with E-state index in [-0.39, 0.29) is 0 Å². The molecule has 24 heavy (non-hydrogen) atoms. The van der Waals surface area contributed by atoms with E-state index in [2.05, 4.69) is 21.5 Å². The molecular formula is C16H11ClN2O2S3. The Bertz CT molecular complexity index is 986. The normalized spacial score (nSPS) is 15.1. The number of fused-ring (bicyclic) bond motifs is 1. The number of aromatic nitrogens is 1. The minimum Gasteiger partial charge on any atom is -0.481 e. The van der Waals surface area contributed by atoms with E-state index in [1.54, 1.807) is 29.7 Å². The topological polar surface area (TPSA) is 62.2 Å². The van der Waals surface area contributed by atoms with Gasteiger partial charge in [-0.1, -0.05) is 11.6 Å². The van der Waals surface area contributed by atoms with E-state index in [1.165, 1.54) is 11.5 Å². The van der Waals surface area contributed by atoms with Crippen molar-refractivity contribution in [2.45, 2.75) is 18.3 Å². The van der Waals surface area contributed by atoms with Gasteiger partial charge in [0.2, 0.25) is 0 Å². The number of thiophene rings is 2. The Kier molecular flexibility index (Phi) is 3.81. The quantitative estimate of drug-likeness (QED) is 0.636. The van der Waals surface area contributed by atoms with Gasteiger partial charge in [-0.15, -0.1) is 22.7 Å². The van der Waals surface area contributed by atoms with Crippen molar-refractivity contribution in [2.75, 3.05) is 12.4 Å². The van der Waals surface area contributed by atoms with E-state index in [1.807, 2.05) is 12.1 Å². The summed E-state index contributed by atoms with van der Waals surface area (Å²) in [6, 6.07) is 4.01. The summed E-state index contributed by atoms with van der Waals surface area (Å²) in [7, 11) is 1.79. The minimum absolute atomic E-state index is 0.599. The van der Waals surface area contributed by atoms with E-state index in [4.69, 9.17) is 11.6 Å². The zero-order valence-corrected chi connectivity index (χ0v) is 15.7. The third-order valence-corrected chi connectivity index (χ3v) is 7.59. The number of rotatable bonds is 3. The van der Waals surface area contributed by atoms with Gasteiger partial charge in [0.15, 0.2) is 5.69 Å². The zero-order valence-electron chi connectivity index (χ0n) is 12.5. The lowest BCUT2D eigenvalue weighted by Crippen LogP contribution is -2.17. The molecule has 0 aliphatic heterocycles. The largest absolute Gasteiger partial charge is 0.481 e. The van der Waals surface area contributed by atoms with Crippen LogP contribution in [-0.2, 0) is 10.2 Å². The first-order valence-electron chi connectivity index (χ1n) is 7.16. The van der Waals surface area contributed by atoms with Crippen molar-refractivity contribution in [3.8, 4) is 11.8 Å². The summed E-state index contributed by atoms with van der Waals surface area (Å²) < 4.78 is 5.95. The number of nitrogens with zero attached hydrogens (tertiary/aromatic N) is 1. The summed E-state index contributed by atoms with van der Waals surface area (Å²) >= 11 is 10.4. The summed E-state index contributed by atoms with van der Waals surface area (Å²) in [6.07, 6.45) is 1.47. The first-order valence-corrected chi connectivity index (χ1v) is 9.94. The molecule has 3 heterocycles. The molecule has 3 aromatic rings. The smallest absolute Gasteiger partial charge is 0.314 e. The van der Waals surface area contributed by atoms with Crippen molar-refractivity contribution in [2.24, 2.45) is 0 Å². The first kappa shape index (κ1) is 15.9. The van der Waals surface area contributed by atoms with Crippen LogP contribution in [0.2, 0.25) is 4.34 Å². The predicted octanol–water partition coefficient (Wildman–Crippen LogP) is 4.63. The molecule has 1 saturated carbocycles. The van der Waals surface area contributed by atoms with Crippen LogP contribution in [0.25, 0.3) is 9.40 Å². The van der Waals surface area contributed by atoms with Gasteiger partial charge in [-0.2, -0.15) is 4.37 Å². The van der Waals surface area contributed by atoms with Crippen molar-refractivity contribution in [1.82, 2.24) is 4.37 Å². The lowest BCUT2D eigenvalue weighted by atomic mass is 10.1. The number of aliphatic carboxylic acids is 1. The first-order chi connectivity index (χ1) is 11.5. The number of anilines is 1. The van der Waals surface area contributed by atoms with Crippen LogP contribution in [0.5, 0.6) is 0 Å². The highest BCUT2D eigenvalue weighted by Gasteiger charge is 2.53. The van der Waals surface area contributed by atoms with E-state index in [0.29, 0.717) is 10.0 Å². The van der Waals surface area contributed by atoms with Crippen LogP contribution in [0, 0.1) is 11.8 Å². The molecule has 0 bridgehead atoms. The molecule has 1 aliphatic carbocycles. The number of halogens is 1. The van der Waals surface area contributed by atoms with Gasteiger partial charge < -0.3 is 10.4 Å². The van der Waals surface area contributed by atoms with Gasteiger partial charge in [0.1, 0.15) is 15.4 Å². The second-order valence-electron chi connectivity index (χ2n) is 5.53. The second-order valence-corrected chi connectivity index (χ2v) is 9.27. The standard InChI is InChI=1S/C16H11ClN2O2S3/c1-18-12-10(19-24-13(12)17)3-2-9-6-8-7-11(23-14(8)22-9)16(4-5-16)15(20)21/h6-7,18H,4-5H2,1H3,(H,20,21). The van der Waals surface area contributed by atoms with Crippen molar-refractivity contribution in [3.63, 3.8) is 0 Å². The molecule has 1 aliphatic rings. The van der Waals surface area contributed by atoms with Gasteiger partial charge in [0.25, 0.3) is 0 Å². The van der Waals surface area contributed by atoms with Crippen molar-refractivity contribution >= 4 is 66.9 Å². The van der Waals surface area contributed by atoms with Gasteiger partial charge in [0.05, 0.1) is 8.89 Å². The molecule has 0 saturated heterocycles. The van der Waals surface area contributed by atoms with Crippen LogP contribution in [0.3, 0.4) is 0 Å². The Morgan fingerprint density at radius 2 is 2.17 bits per heavy atom. The Hall–Kier alpha value is -1.59. The minimum atomic E-state index is -0.712. The molecule has 0 unspecified atom stereocenters. The lowest BCUT2D eigenvalue weighted by molar-refractivity contribution is -0.139. The maximum absolute atomic E-state index is 11.4. The van der Waals surface area contributed by atoms with Crippen LogP contribution in [0.15, 0.2) is 12.1 Å². The van der Waals surface area contributed by atoms with Crippen LogP contribution in [-0.4, -0.2) is 22.5 Å². The summed E-state index contributed by atoms with van der Waals surface area (Å²) in [5.74, 6) is 5.46. The molecule has 4 nitrogen and oxygen atoms in total. The van der Waals surface area contributed by atoms with Gasteiger partial charge in [-0.3, -0.25) is 4.79 Å². The lowest BCUT2D eigenvalue weighted by Gasteiger charge is -2.04. The molecule has 0 atom stereocenters. The second kappa shape index (κ2) is 5.74. The summed E-state index contributed by atoms with van der Waals surface area (Å²) in [5, 5.41) is 13.5. The molecular weight excluding hydrogens is 384 g/mol. The van der Waals surface area contributed by atoms with Crippen LogP contribution < -0.4 is 5.32 Å². The number of carboxylic acids is 1. The van der Waals surface area contributed by atoms with Crippen molar-refractivity contribution in [3.05, 3.63) is 31.9 Å². The number of hydrogen-bond acceptors (Lipinski definition) is 6. The fourth-order valence-electron chi connectivity index (χ4n) is 2.52. The van der Waals surface area contributed by atoms with E-state index in [0.717, 1.165) is 37.7 Å². The van der Waals surface area contributed by atoms with Crippen molar-refractivity contribution in [1.29, 1.82) is 0 Å². The van der Waals surface area contributed by atoms with Crippen LogP contribution >= 0.6 is 45.8 Å². The molecule has 0 spiro atoms. The molecule has 1 fully saturated rings. The van der Waals surface area contributed by atoms with Crippen LogP contribution in [0.4, 0.5) is 5.69 Å². The van der Waals surface area contributed by atoms with E-state index >= 15 is 0 Å². The summed E-state index contributed by atoms with van der Waals surface area (Å²) in [5.41, 5.74) is 0.772. The number of nitrogens with one attached hydrogen (secondary N) is 1. The third kappa shape index (κ3) is 2.50. The number of hydrogen-bond donors (Lipinski definition) is 2. The van der Waals surface area contributed by atoms with E-state index in [9.17, 15) is 9.90 Å². The van der Waals surface area contributed by atoms with Gasteiger partial charge in [-0.25, -0.2) is 0 Å². The van der Waals surface area contributed by atoms with Crippen molar-refractivity contribution < 1.29 is 9.90 Å². The zero-order chi connectivity index (χ0) is 16.9. The monoisotopic (exact) mass is 394 g/mol. The molecule has 0 amide bonds. The average Bonchev–Trinajstić information content (AvgIpc) is 2.96. The Morgan fingerprint density at radius 1 is 1.38 bits per heavy atom. The van der Waals surface area contributed by atoms with Gasteiger partial charge in [0, 0.05) is 17.3 Å². The molecule has 4 rings (SSSR count). The SMILES string of the molecule is CNc1c(C#Cc2cc3cc(C4(C(=O)O)CC4)sc3s2)nsc1Cl. The highest BCUT2D eigenvalue weighted by molar-refractivity contribution is 7.38. The number of carbonyl (C=O) groups is 1. The van der Waals surface area contributed by atoms with Crippen LogP contribution in [0.1, 0.15) is 28.3 Å². The van der Waals surface area contributed by atoms with Gasteiger partial charge in [-0.05, 0) is 48.3 Å². The van der Waals surface area contributed by atoms with E-state index < -0.39 is 11.4 Å². The third-order valence-electron chi connectivity index (χ3n) is 4.05. The Labute approximate surface area is 155 Å². The molecule has 8 heteroatoms. The molecule has 2 N–H and O–H groups in total. The molecule has 0 radical (unpaired) electrons. The molecule has 122 valence electrons. The maximum atomic E-state index is 11.4. The Balaban J connectivity index is 1.64. The Morgan fingerprint density at radius 3 is 2.79 bits per heavy atom.